The van der Waals surface area contributed by atoms with Gasteiger partial charge in [-0.05, 0) is 19.3 Å². The van der Waals surface area contributed by atoms with Gasteiger partial charge in [0.1, 0.15) is 0 Å². The first-order valence-corrected chi connectivity index (χ1v) is 10.00. The van der Waals surface area contributed by atoms with E-state index in [-0.39, 0.29) is 41.0 Å². The van der Waals surface area contributed by atoms with Crippen LogP contribution in [0.5, 0.6) is 0 Å². The normalized spacial score (nSPS) is 25.5. The van der Waals surface area contributed by atoms with Crippen molar-refractivity contribution in [1.82, 2.24) is 4.90 Å². The van der Waals surface area contributed by atoms with Crippen molar-refractivity contribution in [1.29, 1.82) is 0 Å². The first-order chi connectivity index (χ1) is 9.78. The smallest absolute Gasteiger partial charge is 0.308 e. The van der Waals surface area contributed by atoms with Crippen LogP contribution >= 0.6 is 11.8 Å². The van der Waals surface area contributed by atoms with Crippen molar-refractivity contribution in [2.24, 2.45) is 5.92 Å². The van der Waals surface area contributed by atoms with E-state index in [0.717, 1.165) is 12.8 Å². The number of carbonyl (C=O) groups is 2. The minimum Gasteiger partial charge on any atom is -0.481 e. The van der Waals surface area contributed by atoms with Crippen molar-refractivity contribution in [3.05, 3.63) is 0 Å². The zero-order chi connectivity index (χ0) is 15.6. The highest BCUT2D eigenvalue weighted by molar-refractivity contribution is 8.02. The van der Waals surface area contributed by atoms with E-state index < -0.39 is 21.7 Å². The molecule has 1 saturated heterocycles. The van der Waals surface area contributed by atoms with Gasteiger partial charge >= 0.3 is 5.97 Å². The molecule has 1 N–H and O–H groups in total. The average Bonchev–Trinajstić information content (AvgIpc) is 3.17. The molecule has 2 fully saturated rings. The molecule has 2 aliphatic rings. The molecule has 120 valence electrons. The Morgan fingerprint density at radius 3 is 2.48 bits per heavy atom. The minimum atomic E-state index is -2.92. The van der Waals surface area contributed by atoms with E-state index in [2.05, 4.69) is 0 Å². The summed E-state index contributed by atoms with van der Waals surface area (Å²) in [6, 6.07) is 0.173. The maximum Gasteiger partial charge on any atom is 0.308 e. The Bertz CT molecular complexity index is 515. The van der Waals surface area contributed by atoms with E-state index >= 15 is 0 Å². The fourth-order valence-electron chi connectivity index (χ4n) is 2.38. The van der Waals surface area contributed by atoms with Gasteiger partial charge in [-0.1, -0.05) is 6.92 Å². The predicted molar refractivity (Wildman–Crippen MR) is 81.1 cm³/mol. The Labute approximate surface area is 129 Å². The fraction of sp³-hybridized carbons (Fsp3) is 0.846. The molecule has 0 bridgehead atoms. The van der Waals surface area contributed by atoms with E-state index in [0.29, 0.717) is 6.42 Å². The average molecular weight is 335 g/mol. The Hall–Kier alpha value is -0.760. The van der Waals surface area contributed by atoms with Gasteiger partial charge in [-0.2, -0.15) is 0 Å². The van der Waals surface area contributed by atoms with Gasteiger partial charge in [-0.25, -0.2) is 8.42 Å². The molecule has 2 unspecified atom stereocenters. The van der Waals surface area contributed by atoms with Gasteiger partial charge in [-0.15, -0.1) is 11.8 Å². The van der Waals surface area contributed by atoms with Crippen LogP contribution < -0.4 is 0 Å². The summed E-state index contributed by atoms with van der Waals surface area (Å²) < 4.78 is 22.8. The van der Waals surface area contributed by atoms with Crippen LogP contribution in [0.1, 0.15) is 26.2 Å². The highest BCUT2D eigenvalue weighted by Crippen LogP contribution is 2.30. The molecule has 0 radical (unpaired) electrons. The fourth-order valence-corrected chi connectivity index (χ4v) is 5.91. The molecule has 1 amide bonds. The van der Waals surface area contributed by atoms with Crippen molar-refractivity contribution in [3.63, 3.8) is 0 Å². The number of carboxylic acids is 1. The minimum absolute atomic E-state index is 0.00287. The Kier molecular flexibility index (Phi) is 5.19. The summed E-state index contributed by atoms with van der Waals surface area (Å²) in [5.74, 6) is -0.946. The standard InChI is InChI=1S/C13H21NO5S2/c1-9(13(16)17)6-14(10-2-3-10)12(15)7-20-11-4-5-21(18,19)8-11/h9-11H,2-8H2,1H3,(H,16,17). The lowest BCUT2D eigenvalue weighted by molar-refractivity contribution is -0.142. The first-order valence-electron chi connectivity index (χ1n) is 7.13. The van der Waals surface area contributed by atoms with Crippen LogP contribution in [0.3, 0.4) is 0 Å². The quantitative estimate of drug-likeness (QED) is 0.733. The van der Waals surface area contributed by atoms with Gasteiger partial charge in [0.15, 0.2) is 9.84 Å². The van der Waals surface area contributed by atoms with Crippen molar-refractivity contribution in [2.45, 2.75) is 37.5 Å². The third-order valence-corrected chi connectivity index (χ3v) is 7.10. The van der Waals surface area contributed by atoms with Crippen LogP contribution in [0.4, 0.5) is 0 Å². The zero-order valence-corrected chi connectivity index (χ0v) is 13.7. The number of carbonyl (C=O) groups excluding carboxylic acids is 1. The van der Waals surface area contributed by atoms with Crippen LogP contribution in [0.15, 0.2) is 0 Å². The Balaban J connectivity index is 1.83. The number of rotatable bonds is 7. The second-order valence-electron chi connectivity index (χ2n) is 5.85. The zero-order valence-electron chi connectivity index (χ0n) is 12.0. The van der Waals surface area contributed by atoms with E-state index in [1.54, 1.807) is 11.8 Å². The highest BCUT2D eigenvalue weighted by Gasteiger charge is 2.35. The molecule has 0 aromatic rings. The Morgan fingerprint density at radius 1 is 1.33 bits per heavy atom. The van der Waals surface area contributed by atoms with Crippen LogP contribution in [0, 0.1) is 5.92 Å². The second-order valence-corrected chi connectivity index (χ2v) is 9.37. The van der Waals surface area contributed by atoms with Crippen molar-refractivity contribution < 1.29 is 23.1 Å². The summed E-state index contributed by atoms with van der Waals surface area (Å²) in [7, 11) is -2.92. The number of nitrogens with zero attached hydrogens (tertiary/aromatic N) is 1. The van der Waals surface area contributed by atoms with E-state index in [4.69, 9.17) is 5.11 Å². The summed E-state index contributed by atoms with van der Waals surface area (Å²) in [6.07, 6.45) is 2.47. The molecule has 21 heavy (non-hydrogen) atoms. The highest BCUT2D eigenvalue weighted by atomic mass is 32.2. The lowest BCUT2D eigenvalue weighted by atomic mass is 10.1. The molecule has 1 saturated carbocycles. The predicted octanol–water partition coefficient (Wildman–Crippen LogP) is 0.618. The molecule has 6 nitrogen and oxygen atoms in total. The lowest BCUT2D eigenvalue weighted by Crippen LogP contribution is -2.39. The Morgan fingerprint density at radius 2 is 2.00 bits per heavy atom. The van der Waals surface area contributed by atoms with E-state index in [1.807, 2.05) is 0 Å². The van der Waals surface area contributed by atoms with Gasteiger partial charge in [0.05, 0.1) is 23.2 Å². The van der Waals surface area contributed by atoms with Crippen LogP contribution in [0.25, 0.3) is 0 Å². The number of sulfone groups is 1. The first kappa shape index (κ1) is 16.6. The number of hydrogen-bond donors (Lipinski definition) is 1. The van der Waals surface area contributed by atoms with Gasteiger partial charge in [0.2, 0.25) is 5.91 Å². The van der Waals surface area contributed by atoms with Gasteiger partial charge in [0.25, 0.3) is 0 Å². The number of carboxylic acid groups (broad SMARTS) is 1. The van der Waals surface area contributed by atoms with Crippen LogP contribution in [-0.2, 0) is 19.4 Å². The summed E-state index contributed by atoms with van der Waals surface area (Å²) in [5.41, 5.74) is 0. The number of aliphatic carboxylic acids is 1. The second kappa shape index (κ2) is 6.56. The third-order valence-electron chi connectivity index (χ3n) is 3.83. The van der Waals surface area contributed by atoms with Crippen LogP contribution in [-0.4, -0.2) is 65.4 Å². The topological polar surface area (TPSA) is 91.8 Å². The molecule has 8 heteroatoms. The molecular formula is C13H21NO5S2. The molecule has 2 atom stereocenters. The molecule has 2 rings (SSSR count). The van der Waals surface area contributed by atoms with E-state index in [9.17, 15) is 18.0 Å². The SMILES string of the molecule is CC(CN(C(=O)CSC1CCS(=O)(=O)C1)C1CC1)C(=O)O. The number of amides is 1. The van der Waals surface area contributed by atoms with Gasteiger partial charge in [-0.3, -0.25) is 9.59 Å². The summed E-state index contributed by atoms with van der Waals surface area (Å²) in [4.78, 5) is 24.9. The monoisotopic (exact) mass is 335 g/mol. The molecule has 1 heterocycles. The maximum atomic E-state index is 12.3. The van der Waals surface area contributed by atoms with Crippen molar-refractivity contribution in [3.8, 4) is 0 Å². The van der Waals surface area contributed by atoms with Gasteiger partial charge in [0, 0.05) is 17.8 Å². The summed E-state index contributed by atoms with van der Waals surface area (Å²) in [6.45, 7) is 1.84. The molecular weight excluding hydrogens is 314 g/mol. The maximum absolute atomic E-state index is 12.3. The van der Waals surface area contributed by atoms with Crippen molar-refractivity contribution in [2.75, 3.05) is 23.8 Å². The molecule has 1 aliphatic heterocycles. The molecule has 0 aromatic heterocycles. The number of hydrogen-bond acceptors (Lipinski definition) is 5. The summed E-state index contributed by atoms with van der Waals surface area (Å²) in [5, 5.41) is 8.96. The lowest BCUT2D eigenvalue weighted by Gasteiger charge is -2.24. The summed E-state index contributed by atoms with van der Waals surface area (Å²) >= 11 is 1.39. The van der Waals surface area contributed by atoms with E-state index in [1.165, 1.54) is 11.8 Å². The molecule has 1 aliphatic carbocycles. The molecule has 0 spiro atoms. The van der Waals surface area contributed by atoms with Gasteiger partial charge < -0.3 is 10.0 Å². The largest absolute Gasteiger partial charge is 0.481 e. The van der Waals surface area contributed by atoms with Crippen molar-refractivity contribution >= 4 is 33.5 Å². The van der Waals surface area contributed by atoms with Crippen LogP contribution in [0.2, 0.25) is 0 Å². The third kappa shape index (κ3) is 4.88. The number of thioether (sulfide) groups is 1. The molecule has 0 aromatic carbocycles.